The van der Waals surface area contributed by atoms with Crippen LogP contribution in [0.25, 0.3) is 10.2 Å². The molecule has 1 aliphatic rings. The lowest BCUT2D eigenvalue weighted by molar-refractivity contribution is 0.0997. The summed E-state index contributed by atoms with van der Waals surface area (Å²) in [5.41, 5.74) is 3.90. The standard InChI is InChI=1S/C26H33N3O3S2/c1-5-15-29-23-16-18(2)19(3)17-24(23)33-26(29)27-25(30)20-11-13-22(14-12-20)34(31,32)28(4)21-9-7-6-8-10-21/h11-14,16-17,21H,5-10,15H2,1-4H3. The zero-order valence-electron chi connectivity index (χ0n) is 20.4. The van der Waals surface area contributed by atoms with Gasteiger partial charge in [0.15, 0.2) is 4.80 Å². The third-order valence-corrected chi connectivity index (χ3v) is 9.78. The van der Waals surface area contributed by atoms with Crippen LogP contribution in [0.4, 0.5) is 0 Å². The molecule has 0 atom stereocenters. The Morgan fingerprint density at radius 2 is 1.74 bits per heavy atom. The molecule has 0 aliphatic heterocycles. The van der Waals surface area contributed by atoms with Gasteiger partial charge in [-0.3, -0.25) is 4.79 Å². The van der Waals surface area contributed by atoms with Gasteiger partial charge in [0.1, 0.15) is 0 Å². The van der Waals surface area contributed by atoms with Crippen molar-refractivity contribution in [3.63, 3.8) is 0 Å². The summed E-state index contributed by atoms with van der Waals surface area (Å²) in [6.07, 6.45) is 6.03. The van der Waals surface area contributed by atoms with E-state index in [2.05, 4.69) is 42.5 Å². The van der Waals surface area contributed by atoms with Crippen LogP contribution in [0.15, 0.2) is 46.3 Å². The highest BCUT2D eigenvalue weighted by atomic mass is 32.2. The molecule has 1 fully saturated rings. The fourth-order valence-corrected chi connectivity index (χ4v) is 7.12. The Kier molecular flexibility index (Phi) is 7.40. The minimum absolute atomic E-state index is 0.0457. The first kappa shape index (κ1) is 24.8. The summed E-state index contributed by atoms with van der Waals surface area (Å²) in [6.45, 7) is 7.06. The summed E-state index contributed by atoms with van der Waals surface area (Å²) in [5, 5.41) is 0. The number of nitrogens with zero attached hydrogens (tertiary/aromatic N) is 3. The fraction of sp³-hybridized carbons (Fsp3) is 0.462. The van der Waals surface area contributed by atoms with Crippen molar-refractivity contribution in [3.8, 4) is 0 Å². The molecule has 2 aromatic carbocycles. The highest BCUT2D eigenvalue weighted by molar-refractivity contribution is 7.89. The van der Waals surface area contributed by atoms with E-state index in [1.54, 1.807) is 19.2 Å². The molecule has 1 aliphatic carbocycles. The van der Waals surface area contributed by atoms with E-state index in [1.165, 1.54) is 45.3 Å². The summed E-state index contributed by atoms with van der Waals surface area (Å²) >= 11 is 1.51. The van der Waals surface area contributed by atoms with E-state index < -0.39 is 10.0 Å². The first-order valence-corrected chi connectivity index (χ1v) is 14.3. The van der Waals surface area contributed by atoms with Crippen LogP contribution in [0, 0.1) is 13.8 Å². The highest BCUT2D eigenvalue weighted by Gasteiger charge is 2.29. The molecule has 3 aromatic rings. The van der Waals surface area contributed by atoms with E-state index in [0.29, 0.717) is 10.4 Å². The number of thiazole rings is 1. The van der Waals surface area contributed by atoms with E-state index in [0.717, 1.165) is 48.9 Å². The monoisotopic (exact) mass is 499 g/mol. The van der Waals surface area contributed by atoms with Gasteiger partial charge >= 0.3 is 0 Å². The number of carbonyl (C=O) groups excluding carboxylic acids is 1. The Morgan fingerprint density at radius 3 is 2.38 bits per heavy atom. The van der Waals surface area contributed by atoms with Gasteiger partial charge in [0.2, 0.25) is 10.0 Å². The Morgan fingerprint density at radius 1 is 1.09 bits per heavy atom. The molecule has 0 saturated heterocycles. The second-order valence-corrected chi connectivity index (χ2v) is 12.2. The molecule has 1 heterocycles. The van der Waals surface area contributed by atoms with E-state index in [1.807, 2.05) is 0 Å². The molecular formula is C26H33N3O3S2. The smallest absolute Gasteiger partial charge is 0.279 e. The molecule has 0 unspecified atom stereocenters. The van der Waals surface area contributed by atoms with Crippen molar-refractivity contribution in [1.29, 1.82) is 0 Å². The summed E-state index contributed by atoms with van der Waals surface area (Å²) in [4.78, 5) is 18.3. The predicted octanol–water partition coefficient (Wildman–Crippen LogP) is 5.42. The van der Waals surface area contributed by atoms with Gasteiger partial charge in [0, 0.05) is 25.2 Å². The van der Waals surface area contributed by atoms with E-state index in [4.69, 9.17) is 0 Å². The van der Waals surface area contributed by atoms with Gasteiger partial charge in [-0.1, -0.05) is 37.5 Å². The number of aryl methyl sites for hydroxylation is 3. The first-order valence-electron chi connectivity index (χ1n) is 12.0. The van der Waals surface area contributed by atoms with Gasteiger partial charge in [0.05, 0.1) is 15.1 Å². The fourth-order valence-electron chi connectivity index (χ4n) is 4.57. The van der Waals surface area contributed by atoms with Crippen LogP contribution in [-0.2, 0) is 16.6 Å². The molecule has 6 nitrogen and oxygen atoms in total. The lowest BCUT2D eigenvalue weighted by Crippen LogP contribution is -2.38. The molecule has 182 valence electrons. The summed E-state index contributed by atoms with van der Waals surface area (Å²) < 4.78 is 30.9. The van der Waals surface area contributed by atoms with Crippen molar-refractivity contribution in [1.82, 2.24) is 8.87 Å². The van der Waals surface area contributed by atoms with Gasteiger partial charge in [-0.2, -0.15) is 9.30 Å². The largest absolute Gasteiger partial charge is 0.316 e. The molecular weight excluding hydrogens is 466 g/mol. The van der Waals surface area contributed by atoms with Crippen molar-refractivity contribution in [3.05, 3.63) is 57.9 Å². The predicted molar refractivity (Wildman–Crippen MR) is 138 cm³/mol. The van der Waals surface area contributed by atoms with Crippen LogP contribution >= 0.6 is 11.3 Å². The van der Waals surface area contributed by atoms with Crippen molar-refractivity contribution < 1.29 is 13.2 Å². The number of hydrogen-bond donors (Lipinski definition) is 0. The Balaban J connectivity index is 1.63. The zero-order chi connectivity index (χ0) is 24.5. The third-order valence-electron chi connectivity index (χ3n) is 6.81. The normalized spacial score (nSPS) is 16.0. The number of sulfonamides is 1. The van der Waals surface area contributed by atoms with Crippen molar-refractivity contribution >= 4 is 37.5 Å². The second-order valence-electron chi connectivity index (χ2n) is 9.19. The summed E-state index contributed by atoms with van der Waals surface area (Å²) in [7, 11) is -1.93. The molecule has 0 radical (unpaired) electrons. The van der Waals surface area contributed by atoms with Crippen LogP contribution in [0.3, 0.4) is 0 Å². The maximum Gasteiger partial charge on any atom is 0.279 e. The third kappa shape index (κ3) is 4.90. The maximum absolute atomic E-state index is 13.1. The summed E-state index contributed by atoms with van der Waals surface area (Å²) in [6, 6.07) is 10.5. The van der Waals surface area contributed by atoms with E-state index in [-0.39, 0.29) is 16.8 Å². The molecule has 1 aromatic heterocycles. The number of aromatic nitrogens is 1. The average molecular weight is 500 g/mol. The number of carbonyl (C=O) groups is 1. The van der Waals surface area contributed by atoms with E-state index in [9.17, 15) is 13.2 Å². The topological polar surface area (TPSA) is 71.7 Å². The van der Waals surface area contributed by atoms with Crippen LogP contribution in [0.1, 0.15) is 66.9 Å². The maximum atomic E-state index is 13.1. The molecule has 4 rings (SSSR count). The summed E-state index contributed by atoms with van der Waals surface area (Å²) in [5.74, 6) is -0.366. The number of fused-ring (bicyclic) bond motifs is 1. The van der Waals surface area contributed by atoms with Crippen LogP contribution < -0.4 is 4.80 Å². The number of benzene rings is 2. The van der Waals surface area contributed by atoms with Crippen LogP contribution in [0.2, 0.25) is 0 Å². The van der Waals surface area contributed by atoms with E-state index >= 15 is 0 Å². The van der Waals surface area contributed by atoms with Gasteiger partial charge in [0.25, 0.3) is 5.91 Å². The molecule has 0 N–H and O–H groups in total. The number of rotatable bonds is 6. The van der Waals surface area contributed by atoms with Crippen molar-refractivity contribution in [2.75, 3.05) is 7.05 Å². The van der Waals surface area contributed by atoms with Crippen molar-refractivity contribution in [2.24, 2.45) is 4.99 Å². The zero-order valence-corrected chi connectivity index (χ0v) is 22.0. The Hall–Kier alpha value is -2.29. The molecule has 8 heteroatoms. The Labute approximate surface area is 206 Å². The number of hydrogen-bond acceptors (Lipinski definition) is 4. The van der Waals surface area contributed by atoms with Crippen molar-refractivity contribution in [2.45, 2.75) is 76.8 Å². The molecule has 34 heavy (non-hydrogen) atoms. The lowest BCUT2D eigenvalue weighted by atomic mass is 9.96. The average Bonchev–Trinajstić information content (AvgIpc) is 3.15. The van der Waals surface area contributed by atoms with Gasteiger partial charge in [-0.05, 0) is 80.6 Å². The lowest BCUT2D eigenvalue weighted by Gasteiger charge is -2.30. The second kappa shape index (κ2) is 10.1. The first-order chi connectivity index (χ1) is 16.2. The van der Waals surface area contributed by atoms with Crippen LogP contribution in [-0.4, -0.2) is 36.3 Å². The molecule has 1 saturated carbocycles. The minimum atomic E-state index is -3.59. The minimum Gasteiger partial charge on any atom is -0.316 e. The van der Waals surface area contributed by atoms with Gasteiger partial charge in [-0.15, -0.1) is 0 Å². The highest BCUT2D eigenvalue weighted by Crippen LogP contribution is 2.27. The quantitative estimate of drug-likeness (QED) is 0.454. The molecule has 0 bridgehead atoms. The van der Waals surface area contributed by atoms with Gasteiger partial charge in [-0.25, -0.2) is 8.42 Å². The van der Waals surface area contributed by atoms with Gasteiger partial charge < -0.3 is 4.57 Å². The molecule has 1 amide bonds. The SMILES string of the molecule is CCCn1c(=NC(=O)c2ccc(S(=O)(=O)N(C)C3CCCCC3)cc2)sc2cc(C)c(C)cc21. The Bertz CT molecular complexity index is 1360. The molecule has 0 spiro atoms. The van der Waals surface area contributed by atoms with Crippen LogP contribution in [0.5, 0.6) is 0 Å². The number of amides is 1.